The van der Waals surface area contributed by atoms with Crippen LogP contribution < -0.4 is 10.8 Å². The van der Waals surface area contributed by atoms with Crippen LogP contribution in [0.15, 0.2) is 47.6 Å². The lowest BCUT2D eigenvalue weighted by atomic mass is 10.1. The van der Waals surface area contributed by atoms with E-state index in [2.05, 4.69) is 10.5 Å². The van der Waals surface area contributed by atoms with Crippen LogP contribution in [0.2, 0.25) is 0 Å². The molecule has 0 radical (unpaired) electrons. The second-order valence-corrected chi connectivity index (χ2v) is 4.08. The second-order valence-electron chi connectivity index (χ2n) is 4.08. The van der Waals surface area contributed by atoms with Crippen LogP contribution in [0.4, 0.5) is 17.1 Å². The van der Waals surface area contributed by atoms with Crippen molar-refractivity contribution in [2.75, 3.05) is 10.8 Å². The maximum atomic E-state index is 12.0. The van der Waals surface area contributed by atoms with Gasteiger partial charge in [-0.05, 0) is 47.6 Å². The number of benzene rings is 2. The summed E-state index contributed by atoms with van der Waals surface area (Å²) in [7, 11) is 0. The third-order valence-electron chi connectivity index (χ3n) is 2.75. The van der Waals surface area contributed by atoms with Gasteiger partial charge in [-0.1, -0.05) is 0 Å². The van der Waals surface area contributed by atoms with Gasteiger partial charge in [-0.3, -0.25) is 15.5 Å². The molecule has 0 unspecified atom stereocenters. The smallest absolute Gasteiger partial charge is 0.255 e. The molecule has 0 aliphatic carbocycles. The Morgan fingerprint density at radius 2 is 1.90 bits per heavy atom. The first kappa shape index (κ1) is 14.2. The summed E-state index contributed by atoms with van der Waals surface area (Å²) < 4.78 is 0. The van der Waals surface area contributed by atoms with Gasteiger partial charge < -0.3 is 5.32 Å². The molecule has 1 amide bonds. The summed E-state index contributed by atoms with van der Waals surface area (Å²) in [4.78, 5) is 22.4. The monoisotopic (exact) mass is 282 g/mol. The van der Waals surface area contributed by atoms with Gasteiger partial charge in [-0.25, -0.2) is 0 Å². The van der Waals surface area contributed by atoms with E-state index in [0.29, 0.717) is 16.9 Å². The van der Waals surface area contributed by atoms with Crippen LogP contribution in [0, 0.1) is 16.2 Å². The maximum Gasteiger partial charge on any atom is 0.255 e. The average molecular weight is 282 g/mol. The SMILES string of the molecule is N#Cc1cc(NO)ccc1NC(=O)c1ccc(N=O)cc1. The number of amides is 1. The maximum absolute atomic E-state index is 12.0. The number of hydrogen-bond acceptors (Lipinski definition) is 6. The number of rotatable bonds is 4. The molecule has 0 bridgehead atoms. The fourth-order valence-electron chi connectivity index (χ4n) is 1.68. The largest absolute Gasteiger partial charge is 0.321 e. The van der Waals surface area contributed by atoms with Gasteiger partial charge in [0.15, 0.2) is 0 Å². The topological polar surface area (TPSA) is 115 Å². The molecular weight excluding hydrogens is 272 g/mol. The highest BCUT2D eigenvalue weighted by atomic mass is 16.5. The van der Waals surface area contributed by atoms with Gasteiger partial charge in [0.05, 0.1) is 16.9 Å². The summed E-state index contributed by atoms with van der Waals surface area (Å²) >= 11 is 0. The van der Waals surface area contributed by atoms with Crippen molar-refractivity contribution in [2.45, 2.75) is 0 Å². The molecule has 0 aliphatic heterocycles. The molecule has 0 aromatic heterocycles. The van der Waals surface area contributed by atoms with Crippen LogP contribution in [0.5, 0.6) is 0 Å². The van der Waals surface area contributed by atoms with Crippen LogP contribution in [0.25, 0.3) is 0 Å². The van der Waals surface area contributed by atoms with Gasteiger partial charge in [-0.2, -0.15) is 5.26 Å². The molecule has 104 valence electrons. The third kappa shape index (κ3) is 3.20. The van der Waals surface area contributed by atoms with E-state index in [9.17, 15) is 9.70 Å². The second kappa shape index (κ2) is 6.27. The van der Waals surface area contributed by atoms with E-state index < -0.39 is 5.91 Å². The van der Waals surface area contributed by atoms with Crippen LogP contribution in [0.3, 0.4) is 0 Å². The van der Waals surface area contributed by atoms with Crippen molar-refractivity contribution >= 4 is 23.0 Å². The Hall–Kier alpha value is -3.24. The van der Waals surface area contributed by atoms with Gasteiger partial charge >= 0.3 is 0 Å². The predicted octanol–water partition coefficient (Wildman–Crippen LogP) is 3.01. The van der Waals surface area contributed by atoms with Crippen molar-refractivity contribution in [1.82, 2.24) is 0 Å². The third-order valence-corrected chi connectivity index (χ3v) is 2.75. The Labute approximate surface area is 119 Å². The summed E-state index contributed by atoms with van der Waals surface area (Å²) in [6.07, 6.45) is 0. The lowest BCUT2D eigenvalue weighted by molar-refractivity contribution is 0.102. The van der Waals surface area contributed by atoms with Crippen LogP contribution in [0.1, 0.15) is 15.9 Å². The predicted molar refractivity (Wildman–Crippen MR) is 76.4 cm³/mol. The Morgan fingerprint density at radius 3 is 2.48 bits per heavy atom. The first-order valence-corrected chi connectivity index (χ1v) is 5.87. The van der Waals surface area contributed by atoms with E-state index in [1.54, 1.807) is 0 Å². The minimum Gasteiger partial charge on any atom is -0.321 e. The van der Waals surface area contributed by atoms with Crippen LogP contribution in [-0.4, -0.2) is 11.1 Å². The number of hydrogen-bond donors (Lipinski definition) is 3. The molecule has 2 aromatic carbocycles. The van der Waals surface area contributed by atoms with Crippen molar-refractivity contribution < 1.29 is 10.0 Å². The Morgan fingerprint density at radius 1 is 1.19 bits per heavy atom. The Kier molecular flexibility index (Phi) is 4.23. The molecule has 0 saturated carbocycles. The minimum atomic E-state index is -0.423. The van der Waals surface area contributed by atoms with E-state index in [0.717, 1.165) is 0 Å². The molecule has 0 spiro atoms. The van der Waals surface area contributed by atoms with E-state index in [1.807, 2.05) is 11.5 Å². The normalized spacial score (nSPS) is 9.52. The lowest BCUT2D eigenvalue weighted by Crippen LogP contribution is -2.12. The minimum absolute atomic E-state index is 0.202. The molecule has 7 nitrogen and oxygen atoms in total. The van der Waals surface area contributed by atoms with Crippen molar-refractivity contribution in [3.8, 4) is 6.07 Å². The van der Waals surface area contributed by atoms with Crippen molar-refractivity contribution in [3.05, 3.63) is 58.5 Å². The van der Waals surface area contributed by atoms with Crippen molar-refractivity contribution in [1.29, 1.82) is 5.26 Å². The first-order valence-electron chi connectivity index (χ1n) is 5.87. The molecule has 7 heteroatoms. The van der Waals surface area contributed by atoms with Crippen LogP contribution in [-0.2, 0) is 0 Å². The van der Waals surface area contributed by atoms with E-state index in [1.165, 1.54) is 42.5 Å². The zero-order chi connectivity index (χ0) is 15.2. The fraction of sp³-hybridized carbons (Fsp3) is 0. The summed E-state index contributed by atoms with van der Waals surface area (Å²) in [6, 6.07) is 12.1. The van der Waals surface area contributed by atoms with Gasteiger partial charge in [0.25, 0.3) is 5.91 Å². The highest BCUT2D eigenvalue weighted by Gasteiger charge is 2.10. The zero-order valence-corrected chi connectivity index (χ0v) is 10.7. The van der Waals surface area contributed by atoms with Gasteiger partial charge in [0.1, 0.15) is 11.8 Å². The number of carbonyl (C=O) groups excluding carboxylic acids is 1. The Balaban J connectivity index is 2.22. The fourth-order valence-corrected chi connectivity index (χ4v) is 1.68. The highest BCUT2D eigenvalue weighted by Crippen LogP contribution is 2.21. The molecule has 0 saturated heterocycles. The number of nitrogens with one attached hydrogen (secondary N) is 2. The summed E-state index contributed by atoms with van der Waals surface area (Å²) in [5.74, 6) is -0.423. The summed E-state index contributed by atoms with van der Waals surface area (Å²) in [5.41, 5.74) is 3.34. The standard InChI is InChI=1S/C14H10N4O3/c15-8-10-7-12(18-21)5-6-13(10)16-14(19)9-1-3-11(17-20)4-2-9/h1-7,18,21H,(H,16,19). The molecule has 0 atom stereocenters. The summed E-state index contributed by atoms with van der Waals surface area (Å²) in [5, 5.41) is 23.1. The van der Waals surface area contributed by atoms with Crippen molar-refractivity contribution in [2.24, 2.45) is 5.18 Å². The molecule has 0 fully saturated rings. The number of nitriles is 1. The lowest BCUT2D eigenvalue weighted by Gasteiger charge is -2.08. The molecule has 0 heterocycles. The molecule has 2 aromatic rings. The van der Waals surface area contributed by atoms with Crippen molar-refractivity contribution in [3.63, 3.8) is 0 Å². The summed E-state index contributed by atoms with van der Waals surface area (Å²) in [6.45, 7) is 0. The van der Waals surface area contributed by atoms with Gasteiger partial charge in [0.2, 0.25) is 0 Å². The van der Waals surface area contributed by atoms with Crippen LogP contribution >= 0.6 is 0 Å². The molecular formula is C14H10N4O3. The van der Waals surface area contributed by atoms with E-state index >= 15 is 0 Å². The quantitative estimate of drug-likeness (QED) is 0.589. The number of nitrogens with zero attached hydrogens (tertiary/aromatic N) is 2. The number of carbonyl (C=O) groups is 1. The van der Waals surface area contributed by atoms with E-state index in [-0.39, 0.29) is 11.3 Å². The number of anilines is 2. The highest BCUT2D eigenvalue weighted by molar-refractivity contribution is 6.05. The Bertz CT molecular complexity index is 720. The van der Waals surface area contributed by atoms with E-state index in [4.69, 9.17) is 10.5 Å². The average Bonchev–Trinajstić information content (AvgIpc) is 2.55. The van der Waals surface area contributed by atoms with Gasteiger partial charge in [0, 0.05) is 5.56 Å². The molecule has 21 heavy (non-hydrogen) atoms. The first-order chi connectivity index (χ1) is 10.2. The molecule has 2 rings (SSSR count). The zero-order valence-electron chi connectivity index (χ0n) is 10.7. The van der Waals surface area contributed by atoms with Gasteiger partial charge in [-0.15, -0.1) is 4.91 Å². The molecule has 0 aliphatic rings. The molecule has 3 N–H and O–H groups in total. The number of nitroso groups, excluding NO2 is 1.